The highest BCUT2D eigenvalue weighted by Crippen LogP contribution is 2.34. The third-order valence-corrected chi connectivity index (χ3v) is 6.06. The molecule has 0 aromatic heterocycles. The molecule has 1 saturated heterocycles. The zero-order valence-electron chi connectivity index (χ0n) is 19.4. The van der Waals surface area contributed by atoms with E-state index in [0.717, 1.165) is 29.5 Å². The summed E-state index contributed by atoms with van der Waals surface area (Å²) in [7, 11) is 0. The van der Waals surface area contributed by atoms with Gasteiger partial charge in [-0.1, -0.05) is 35.9 Å². The first kappa shape index (κ1) is 23.2. The number of amides is 3. The Balaban J connectivity index is 1.40. The van der Waals surface area contributed by atoms with Crippen molar-refractivity contribution in [3.63, 3.8) is 0 Å². The lowest BCUT2D eigenvalue weighted by Gasteiger charge is -2.38. The summed E-state index contributed by atoms with van der Waals surface area (Å²) in [6, 6.07) is 15.6. The molecule has 2 aliphatic heterocycles. The minimum Gasteiger partial charge on any atom is -0.444 e. The van der Waals surface area contributed by atoms with Gasteiger partial charge >= 0.3 is 12.1 Å². The summed E-state index contributed by atoms with van der Waals surface area (Å²) in [6.45, 7) is 8.64. The number of likely N-dealkylation sites (tertiary alicyclic amines) is 1. The molecule has 1 N–H and O–H groups in total. The molecule has 0 radical (unpaired) electrons. The van der Waals surface area contributed by atoms with Crippen molar-refractivity contribution >= 4 is 35.1 Å². The molecule has 0 saturated carbocycles. The van der Waals surface area contributed by atoms with E-state index in [9.17, 15) is 9.59 Å². The summed E-state index contributed by atoms with van der Waals surface area (Å²) in [6.07, 6.45) is 0.379. The smallest absolute Gasteiger partial charge is 0.410 e. The van der Waals surface area contributed by atoms with E-state index in [2.05, 4.69) is 10.2 Å². The van der Waals surface area contributed by atoms with Gasteiger partial charge < -0.3 is 19.9 Å². The normalized spacial score (nSPS) is 18.2. The Kier molecular flexibility index (Phi) is 6.70. The van der Waals surface area contributed by atoms with E-state index in [4.69, 9.17) is 16.3 Å². The van der Waals surface area contributed by atoms with E-state index in [0.29, 0.717) is 26.1 Å². The maximum absolute atomic E-state index is 13.2. The Hall–Kier alpha value is -2.93. The van der Waals surface area contributed by atoms with Gasteiger partial charge in [0.1, 0.15) is 5.60 Å². The van der Waals surface area contributed by atoms with Crippen molar-refractivity contribution in [2.24, 2.45) is 0 Å². The van der Waals surface area contributed by atoms with Crippen molar-refractivity contribution in [3.8, 4) is 0 Å². The predicted octanol–water partition coefficient (Wildman–Crippen LogP) is 4.89. The second-order valence-electron chi connectivity index (χ2n) is 9.55. The van der Waals surface area contributed by atoms with Gasteiger partial charge in [0.25, 0.3) is 0 Å². The summed E-state index contributed by atoms with van der Waals surface area (Å²) in [5.74, 6) is 0. The summed E-state index contributed by atoms with van der Waals surface area (Å²) < 4.78 is 5.46. The number of nitrogens with one attached hydrogen (secondary N) is 1. The second-order valence-corrected chi connectivity index (χ2v) is 9.99. The van der Waals surface area contributed by atoms with Crippen LogP contribution in [-0.4, -0.2) is 54.8 Å². The van der Waals surface area contributed by atoms with Gasteiger partial charge in [-0.05, 0) is 57.0 Å². The maximum Gasteiger partial charge on any atom is 0.410 e. The first-order valence-electron chi connectivity index (χ1n) is 11.3. The van der Waals surface area contributed by atoms with Crippen LogP contribution in [0.5, 0.6) is 0 Å². The number of nitrogens with zero attached hydrogens (tertiary/aromatic N) is 3. The lowest BCUT2D eigenvalue weighted by atomic mass is 10.1. The molecule has 0 unspecified atom stereocenters. The van der Waals surface area contributed by atoms with E-state index in [1.54, 1.807) is 9.80 Å². The Bertz CT molecular complexity index is 1010. The van der Waals surface area contributed by atoms with Crippen molar-refractivity contribution in [1.29, 1.82) is 0 Å². The molecule has 8 heteroatoms. The molecule has 33 heavy (non-hydrogen) atoms. The monoisotopic (exact) mass is 470 g/mol. The number of hydrogen-bond acceptors (Lipinski definition) is 4. The van der Waals surface area contributed by atoms with Gasteiger partial charge in [0, 0.05) is 37.7 Å². The molecule has 2 aromatic rings. The number of benzene rings is 2. The summed E-state index contributed by atoms with van der Waals surface area (Å²) in [4.78, 5) is 31.2. The first-order chi connectivity index (χ1) is 15.7. The molecule has 2 heterocycles. The average molecular weight is 471 g/mol. The van der Waals surface area contributed by atoms with Gasteiger partial charge in [-0.25, -0.2) is 9.59 Å². The minimum absolute atomic E-state index is 0.0933. The van der Waals surface area contributed by atoms with Crippen LogP contribution in [0.15, 0.2) is 48.5 Å². The fraction of sp³-hybridized carbons (Fsp3) is 0.440. The predicted molar refractivity (Wildman–Crippen MR) is 131 cm³/mol. The Morgan fingerprint density at radius 3 is 2.42 bits per heavy atom. The number of hydrogen-bond donors (Lipinski definition) is 1. The molecule has 176 valence electrons. The Morgan fingerprint density at radius 1 is 1.03 bits per heavy atom. The Morgan fingerprint density at radius 2 is 1.73 bits per heavy atom. The number of carbonyl (C=O) groups excluding carboxylic acids is 2. The second kappa shape index (κ2) is 9.51. The van der Waals surface area contributed by atoms with Crippen LogP contribution in [0.3, 0.4) is 0 Å². The number of para-hydroxylation sites is 2. The standard InChI is InChI=1S/C25H31ClN4O3/c1-25(2,3)33-24(32)29-13-12-20(17-29)27-23(31)30-15-14-28(21-6-4-5-7-22(21)30)16-18-8-10-19(26)11-9-18/h4-11,20H,12-17H2,1-3H3,(H,27,31)/t20-/m1/s1. The molecule has 0 bridgehead atoms. The largest absolute Gasteiger partial charge is 0.444 e. The van der Waals surface area contributed by atoms with E-state index in [-0.39, 0.29) is 18.2 Å². The molecule has 2 aromatic carbocycles. The van der Waals surface area contributed by atoms with Crippen molar-refractivity contribution in [2.45, 2.75) is 45.4 Å². The molecule has 0 aliphatic carbocycles. The third kappa shape index (κ3) is 5.71. The summed E-state index contributed by atoms with van der Waals surface area (Å²) >= 11 is 6.02. The number of fused-ring (bicyclic) bond motifs is 1. The van der Waals surface area contributed by atoms with E-state index >= 15 is 0 Å². The van der Waals surface area contributed by atoms with Crippen LogP contribution in [0.2, 0.25) is 5.02 Å². The van der Waals surface area contributed by atoms with Gasteiger partial charge in [-0.15, -0.1) is 0 Å². The number of anilines is 2. The maximum atomic E-state index is 13.2. The van der Waals surface area contributed by atoms with Crippen LogP contribution in [0.4, 0.5) is 21.0 Å². The zero-order chi connectivity index (χ0) is 23.6. The minimum atomic E-state index is -0.534. The highest BCUT2D eigenvalue weighted by Gasteiger charge is 2.33. The van der Waals surface area contributed by atoms with E-state index < -0.39 is 5.60 Å². The van der Waals surface area contributed by atoms with Gasteiger partial charge in [-0.3, -0.25) is 4.90 Å². The van der Waals surface area contributed by atoms with Crippen LogP contribution in [0.25, 0.3) is 0 Å². The third-order valence-electron chi connectivity index (χ3n) is 5.81. The fourth-order valence-electron chi connectivity index (χ4n) is 4.23. The van der Waals surface area contributed by atoms with Gasteiger partial charge in [-0.2, -0.15) is 0 Å². The SMILES string of the molecule is CC(C)(C)OC(=O)N1CC[C@@H](NC(=O)N2CCN(Cc3ccc(Cl)cc3)c3ccccc32)C1. The van der Waals surface area contributed by atoms with Crippen LogP contribution in [0, 0.1) is 0 Å². The van der Waals surface area contributed by atoms with Crippen molar-refractivity contribution in [3.05, 3.63) is 59.1 Å². The van der Waals surface area contributed by atoms with Gasteiger partial charge in [0.2, 0.25) is 0 Å². The lowest BCUT2D eigenvalue weighted by Crippen LogP contribution is -2.51. The van der Waals surface area contributed by atoms with Gasteiger partial charge in [0.05, 0.1) is 17.4 Å². The number of rotatable bonds is 3. The lowest BCUT2D eigenvalue weighted by molar-refractivity contribution is 0.0291. The highest BCUT2D eigenvalue weighted by molar-refractivity contribution is 6.30. The molecule has 4 rings (SSSR count). The quantitative estimate of drug-likeness (QED) is 0.694. The summed E-state index contributed by atoms with van der Waals surface area (Å²) in [5, 5.41) is 3.83. The van der Waals surface area contributed by atoms with Crippen molar-refractivity contribution in [2.75, 3.05) is 36.0 Å². The molecule has 1 fully saturated rings. The van der Waals surface area contributed by atoms with Crippen LogP contribution in [-0.2, 0) is 11.3 Å². The number of ether oxygens (including phenoxy) is 1. The van der Waals surface area contributed by atoms with Crippen molar-refractivity contribution in [1.82, 2.24) is 10.2 Å². The Labute approximate surface area is 200 Å². The molecular formula is C25H31ClN4O3. The van der Waals surface area contributed by atoms with Crippen LogP contribution in [0.1, 0.15) is 32.8 Å². The fourth-order valence-corrected chi connectivity index (χ4v) is 4.36. The highest BCUT2D eigenvalue weighted by atomic mass is 35.5. The number of halogens is 1. The van der Waals surface area contributed by atoms with Crippen LogP contribution >= 0.6 is 11.6 Å². The molecule has 3 amide bonds. The number of carbonyl (C=O) groups is 2. The molecule has 2 aliphatic rings. The number of urea groups is 1. The summed E-state index contributed by atoms with van der Waals surface area (Å²) in [5.41, 5.74) is 2.54. The van der Waals surface area contributed by atoms with Crippen LogP contribution < -0.4 is 15.1 Å². The van der Waals surface area contributed by atoms with Crippen molar-refractivity contribution < 1.29 is 14.3 Å². The molecular weight excluding hydrogens is 440 g/mol. The average Bonchev–Trinajstić information content (AvgIpc) is 3.23. The zero-order valence-corrected chi connectivity index (χ0v) is 20.1. The molecule has 7 nitrogen and oxygen atoms in total. The topological polar surface area (TPSA) is 65.1 Å². The first-order valence-corrected chi connectivity index (χ1v) is 11.7. The van der Waals surface area contributed by atoms with E-state index in [1.165, 1.54) is 5.56 Å². The van der Waals surface area contributed by atoms with Gasteiger partial charge in [0.15, 0.2) is 0 Å². The molecule has 1 atom stereocenters. The van der Waals surface area contributed by atoms with E-state index in [1.807, 2.05) is 69.3 Å². The molecule has 0 spiro atoms.